The molecule has 116 valence electrons. The van der Waals surface area contributed by atoms with Gasteiger partial charge in [-0.1, -0.05) is 11.6 Å². The molecule has 0 spiro atoms. The Morgan fingerprint density at radius 3 is 2.62 bits per heavy atom. The first-order valence-corrected chi connectivity index (χ1v) is 6.61. The lowest BCUT2D eigenvalue weighted by Crippen LogP contribution is -2.36. The summed E-state index contributed by atoms with van der Waals surface area (Å²) in [5, 5.41) is 13.0. The van der Waals surface area contributed by atoms with Crippen LogP contribution in [0.15, 0.2) is 12.1 Å². The highest BCUT2D eigenvalue weighted by Crippen LogP contribution is 2.26. The van der Waals surface area contributed by atoms with Crippen LogP contribution in [0, 0.1) is 11.6 Å². The quantitative estimate of drug-likeness (QED) is 0.752. The van der Waals surface area contributed by atoms with Gasteiger partial charge in [-0.2, -0.15) is 0 Å². The SMILES string of the molecule is CC(CCCC(=O)O)NC(=O)Nc1c(F)cc(F)cc1Cl. The van der Waals surface area contributed by atoms with Crippen LogP contribution in [-0.2, 0) is 4.79 Å². The van der Waals surface area contributed by atoms with Crippen LogP contribution >= 0.6 is 11.6 Å². The van der Waals surface area contributed by atoms with Crippen molar-refractivity contribution in [1.82, 2.24) is 5.32 Å². The second kappa shape index (κ2) is 7.78. The highest BCUT2D eigenvalue weighted by molar-refractivity contribution is 6.33. The Morgan fingerprint density at radius 1 is 1.38 bits per heavy atom. The van der Waals surface area contributed by atoms with E-state index in [0.29, 0.717) is 18.9 Å². The highest BCUT2D eigenvalue weighted by Gasteiger charge is 2.14. The fourth-order valence-electron chi connectivity index (χ4n) is 1.67. The number of rotatable bonds is 6. The van der Waals surface area contributed by atoms with Gasteiger partial charge in [0, 0.05) is 18.5 Å². The number of benzene rings is 1. The molecule has 0 saturated carbocycles. The average Bonchev–Trinajstić information content (AvgIpc) is 2.33. The van der Waals surface area contributed by atoms with Gasteiger partial charge in [0.25, 0.3) is 0 Å². The largest absolute Gasteiger partial charge is 0.481 e. The molecule has 1 atom stereocenters. The van der Waals surface area contributed by atoms with Gasteiger partial charge in [0.1, 0.15) is 5.82 Å². The number of nitrogens with one attached hydrogen (secondary N) is 2. The lowest BCUT2D eigenvalue weighted by molar-refractivity contribution is -0.137. The van der Waals surface area contributed by atoms with Gasteiger partial charge in [-0.3, -0.25) is 4.79 Å². The second-order valence-electron chi connectivity index (χ2n) is 4.53. The van der Waals surface area contributed by atoms with Gasteiger partial charge < -0.3 is 15.7 Å². The minimum Gasteiger partial charge on any atom is -0.481 e. The molecule has 1 rings (SSSR count). The molecule has 8 heteroatoms. The monoisotopic (exact) mass is 320 g/mol. The van der Waals surface area contributed by atoms with E-state index in [2.05, 4.69) is 10.6 Å². The third-order valence-electron chi connectivity index (χ3n) is 2.65. The maximum atomic E-state index is 13.5. The maximum Gasteiger partial charge on any atom is 0.319 e. The normalized spacial score (nSPS) is 11.8. The lowest BCUT2D eigenvalue weighted by atomic mass is 10.1. The molecule has 1 aromatic rings. The summed E-state index contributed by atoms with van der Waals surface area (Å²) in [5.74, 6) is -2.73. The summed E-state index contributed by atoms with van der Waals surface area (Å²) in [5.41, 5.74) is -0.312. The number of amides is 2. The Kier molecular flexibility index (Phi) is 6.36. The van der Waals surface area contributed by atoms with Crippen LogP contribution in [0.4, 0.5) is 19.3 Å². The van der Waals surface area contributed by atoms with E-state index in [1.807, 2.05) is 0 Å². The van der Waals surface area contributed by atoms with Crippen molar-refractivity contribution in [3.63, 3.8) is 0 Å². The van der Waals surface area contributed by atoms with Crippen LogP contribution in [0.1, 0.15) is 26.2 Å². The number of carbonyl (C=O) groups excluding carboxylic acids is 1. The number of hydrogen-bond donors (Lipinski definition) is 3. The van der Waals surface area contributed by atoms with Crippen molar-refractivity contribution in [2.24, 2.45) is 0 Å². The van der Waals surface area contributed by atoms with Crippen molar-refractivity contribution >= 4 is 29.3 Å². The van der Waals surface area contributed by atoms with Gasteiger partial charge in [0.05, 0.1) is 10.7 Å². The molecule has 0 saturated heterocycles. The second-order valence-corrected chi connectivity index (χ2v) is 4.94. The smallest absolute Gasteiger partial charge is 0.319 e. The fraction of sp³-hybridized carbons (Fsp3) is 0.385. The minimum atomic E-state index is -0.978. The van der Waals surface area contributed by atoms with Crippen molar-refractivity contribution in [2.75, 3.05) is 5.32 Å². The van der Waals surface area contributed by atoms with Crippen LogP contribution in [0.3, 0.4) is 0 Å². The van der Waals surface area contributed by atoms with Crippen LogP contribution < -0.4 is 10.6 Å². The van der Waals surface area contributed by atoms with Crippen LogP contribution in [-0.4, -0.2) is 23.1 Å². The number of carboxylic acid groups (broad SMARTS) is 1. The summed E-state index contributed by atoms with van der Waals surface area (Å²) >= 11 is 5.65. The zero-order chi connectivity index (χ0) is 16.0. The zero-order valence-corrected chi connectivity index (χ0v) is 12.0. The first kappa shape index (κ1) is 17.2. The Labute approximate surface area is 125 Å². The molecular weight excluding hydrogens is 306 g/mol. The van der Waals surface area contributed by atoms with E-state index in [1.165, 1.54) is 0 Å². The van der Waals surface area contributed by atoms with Crippen LogP contribution in [0.25, 0.3) is 0 Å². The molecule has 21 heavy (non-hydrogen) atoms. The Bertz CT molecular complexity index is 517. The van der Waals surface area contributed by atoms with E-state index >= 15 is 0 Å². The molecule has 5 nitrogen and oxygen atoms in total. The van der Waals surface area contributed by atoms with Crippen molar-refractivity contribution in [3.8, 4) is 0 Å². The van der Waals surface area contributed by atoms with E-state index in [4.69, 9.17) is 16.7 Å². The number of carboxylic acids is 1. The molecule has 0 heterocycles. The molecule has 0 aromatic heterocycles. The lowest BCUT2D eigenvalue weighted by Gasteiger charge is -2.15. The number of anilines is 1. The summed E-state index contributed by atoms with van der Waals surface area (Å²) in [6.07, 6.45) is 0.869. The van der Waals surface area contributed by atoms with E-state index in [-0.39, 0.29) is 23.2 Å². The molecule has 0 aliphatic carbocycles. The highest BCUT2D eigenvalue weighted by atomic mass is 35.5. The van der Waals surface area contributed by atoms with Gasteiger partial charge >= 0.3 is 12.0 Å². The average molecular weight is 321 g/mol. The number of hydrogen-bond acceptors (Lipinski definition) is 2. The maximum absolute atomic E-state index is 13.5. The standard InChI is InChI=1S/C13H15ClF2N2O3/c1-7(3-2-4-11(19)20)17-13(21)18-12-9(14)5-8(15)6-10(12)16/h5-7H,2-4H2,1H3,(H,19,20)(H2,17,18,21). The van der Waals surface area contributed by atoms with E-state index in [9.17, 15) is 18.4 Å². The van der Waals surface area contributed by atoms with Gasteiger partial charge in [-0.15, -0.1) is 0 Å². The molecule has 3 N–H and O–H groups in total. The predicted molar refractivity (Wildman–Crippen MR) is 74.5 cm³/mol. The first-order chi connectivity index (χ1) is 9.79. The fourth-order valence-corrected chi connectivity index (χ4v) is 1.91. The van der Waals surface area contributed by atoms with Gasteiger partial charge in [-0.05, 0) is 25.8 Å². The molecule has 1 unspecified atom stereocenters. The molecule has 0 aliphatic rings. The summed E-state index contributed by atoms with van der Waals surface area (Å²) in [6.45, 7) is 1.68. The summed E-state index contributed by atoms with van der Waals surface area (Å²) in [4.78, 5) is 22.0. The van der Waals surface area contributed by atoms with Crippen LogP contribution in [0.2, 0.25) is 5.02 Å². The molecular formula is C13H15ClF2N2O3. The molecule has 1 aromatic carbocycles. The zero-order valence-electron chi connectivity index (χ0n) is 11.3. The Morgan fingerprint density at radius 2 is 2.05 bits per heavy atom. The van der Waals surface area contributed by atoms with E-state index in [1.54, 1.807) is 6.92 Å². The van der Waals surface area contributed by atoms with Crippen molar-refractivity contribution in [3.05, 3.63) is 28.8 Å². The summed E-state index contributed by atoms with van der Waals surface area (Å²) in [6, 6.07) is 0.491. The third-order valence-corrected chi connectivity index (χ3v) is 2.95. The van der Waals surface area contributed by atoms with Crippen molar-refractivity contribution in [2.45, 2.75) is 32.2 Å². The van der Waals surface area contributed by atoms with E-state index < -0.39 is 23.6 Å². The topological polar surface area (TPSA) is 78.4 Å². The Balaban J connectivity index is 2.52. The van der Waals surface area contributed by atoms with Crippen LogP contribution in [0.5, 0.6) is 0 Å². The number of halogens is 3. The molecule has 0 fully saturated rings. The molecule has 0 aliphatic heterocycles. The summed E-state index contributed by atoms with van der Waals surface area (Å²) < 4.78 is 26.3. The molecule has 2 amide bonds. The van der Waals surface area contributed by atoms with Crippen molar-refractivity contribution in [1.29, 1.82) is 0 Å². The number of carbonyl (C=O) groups is 2. The molecule has 0 radical (unpaired) electrons. The number of urea groups is 1. The van der Waals surface area contributed by atoms with E-state index in [0.717, 1.165) is 6.07 Å². The predicted octanol–water partition coefficient (Wildman–Crippen LogP) is 3.38. The first-order valence-electron chi connectivity index (χ1n) is 6.23. The minimum absolute atomic E-state index is 0.00601. The Hall–Kier alpha value is -1.89. The molecule has 0 bridgehead atoms. The van der Waals surface area contributed by atoms with Gasteiger partial charge in [0.15, 0.2) is 5.82 Å². The van der Waals surface area contributed by atoms with Crippen molar-refractivity contribution < 1.29 is 23.5 Å². The van der Waals surface area contributed by atoms with Gasteiger partial charge in [0.2, 0.25) is 0 Å². The number of aliphatic carboxylic acids is 1. The third kappa shape index (κ3) is 5.95. The van der Waals surface area contributed by atoms with Gasteiger partial charge in [-0.25, -0.2) is 13.6 Å². The summed E-state index contributed by atoms with van der Waals surface area (Å²) in [7, 11) is 0.